The van der Waals surface area contributed by atoms with Crippen LogP contribution in [-0.2, 0) is 14.8 Å². The molecule has 0 atom stereocenters. The van der Waals surface area contributed by atoms with Crippen LogP contribution in [0.25, 0.3) is 0 Å². The van der Waals surface area contributed by atoms with Crippen LogP contribution in [0, 0.1) is 0 Å². The summed E-state index contributed by atoms with van der Waals surface area (Å²) >= 11 is 0. The molecule has 20 heavy (non-hydrogen) atoms. The third-order valence-corrected chi connectivity index (χ3v) is 4.92. The van der Waals surface area contributed by atoms with Gasteiger partial charge in [-0.2, -0.15) is 4.31 Å². The minimum Gasteiger partial charge on any atom is -0.508 e. The lowest BCUT2D eigenvalue weighted by atomic mass is 10.2. The van der Waals surface area contributed by atoms with Crippen molar-refractivity contribution in [1.29, 1.82) is 0 Å². The lowest BCUT2D eigenvalue weighted by Crippen LogP contribution is -2.49. The highest BCUT2D eigenvalue weighted by atomic mass is 32.2. The van der Waals surface area contributed by atoms with Crippen LogP contribution in [0.1, 0.15) is 0 Å². The van der Waals surface area contributed by atoms with Crippen molar-refractivity contribution < 1.29 is 23.4 Å². The molecule has 1 aliphatic heterocycles. The van der Waals surface area contributed by atoms with Gasteiger partial charge in [-0.1, -0.05) is 0 Å². The molecule has 1 heterocycles. The summed E-state index contributed by atoms with van der Waals surface area (Å²) < 4.78 is 24.8. The van der Waals surface area contributed by atoms with E-state index in [1.54, 1.807) is 24.3 Å². The van der Waals surface area contributed by atoms with E-state index in [4.69, 9.17) is 5.11 Å². The second-order valence-corrected chi connectivity index (χ2v) is 6.52. The molecule has 0 spiro atoms. The summed E-state index contributed by atoms with van der Waals surface area (Å²) in [7, 11) is -3.73. The van der Waals surface area contributed by atoms with Crippen LogP contribution >= 0.6 is 0 Å². The van der Waals surface area contributed by atoms with Gasteiger partial charge in [0.15, 0.2) is 5.75 Å². The molecule has 8 heteroatoms. The number of aromatic hydroxyl groups is 1. The van der Waals surface area contributed by atoms with Gasteiger partial charge in [-0.25, -0.2) is 8.42 Å². The zero-order chi connectivity index (χ0) is 14.8. The molecule has 1 aliphatic rings. The third kappa shape index (κ3) is 3.40. The molecule has 1 fully saturated rings. The smallest absolute Gasteiger partial charge is 0.320 e. The summed E-state index contributed by atoms with van der Waals surface area (Å²) in [5, 5.41) is 17.8. The van der Waals surface area contributed by atoms with Crippen LogP contribution in [0.5, 0.6) is 5.75 Å². The number of rotatable bonds is 4. The molecule has 0 saturated carbocycles. The Balaban J connectivity index is 1.99. The summed E-state index contributed by atoms with van der Waals surface area (Å²) in [5.74, 6) is -2.03. The second kappa shape index (κ2) is 5.68. The van der Waals surface area contributed by atoms with Gasteiger partial charge >= 0.3 is 5.97 Å². The van der Waals surface area contributed by atoms with E-state index in [-0.39, 0.29) is 18.8 Å². The van der Waals surface area contributed by atoms with E-state index < -0.39 is 21.7 Å². The molecular formula is C12H16N2O5S. The Hall–Kier alpha value is -1.80. The highest BCUT2D eigenvalue weighted by Gasteiger charge is 2.28. The van der Waals surface area contributed by atoms with E-state index >= 15 is 0 Å². The normalized spacial score (nSPS) is 17.1. The minimum atomic E-state index is -3.73. The van der Waals surface area contributed by atoms with Gasteiger partial charge in [0.1, 0.15) is 5.75 Å². The maximum atomic E-state index is 11.8. The molecule has 2 rings (SSSR count). The number of hydrogen-bond acceptors (Lipinski definition) is 5. The minimum absolute atomic E-state index is 0.177. The maximum Gasteiger partial charge on any atom is 0.320 e. The molecule has 1 saturated heterocycles. The molecule has 7 nitrogen and oxygen atoms in total. The van der Waals surface area contributed by atoms with Gasteiger partial charge in [-0.3, -0.25) is 4.79 Å². The van der Waals surface area contributed by atoms with E-state index in [2.05, 4.69) is 0 Å². The second-order valence-electron chi connectivity index (χ2n) is 4.55. The predicted octanol–water partition coefficient (Wildman–Crippen LogP) is -0.0714. The van der Waals surface area contributed by atoms with Crippen molar-refractivity contribution in [1.82, 2.24) is 4.31 Å². The number of aliphatic carboxylic acids is 1. The molecule has 2 N–H and O–H groups in total. The van der Waals surface area contributed by atoms with Crippen LogP contribution < -0.4 is 4.90 Å². The Labute approximate surface area is 117 Å². The Morgan fingerprint density at radius 3 is 2.15 bits per heavy atom. The average Bonchev–Trinajstić information content (AvgIpc) is 2.38. The molecular weight excluding hydrogens is 284 g/mol. The number of anilines is 1. The van der Waals surface area contributed by atoms with Crippen molar-refractivity contribution in [2.24, 2.45) is 0 Å². The number of phenols is 1. The maximum absolute atomic E-state index is 11.8. The first-order valence-corrected chi connectivity index (χ1v) is 7.73. The fourth-order valence-electron chi connectivity index (χ4n) is 2.14. The van der Waals surface area contributed by atoms with Gasteiger partial charge in [0.25, 0.3) is 0 Å². The number of benzene rings is 1. The number of sulfonamides is 1. The number of piperazine rings is 1. The van der Waals surface area contributed by atoms with Gasteiger partial charge in [0.2, 0.25) is 10.0 Å². The summed E-state index contributed by atoms with van der Waals surface area (Å²) in [5.41, 5.74) is 0.901. The lowest BCUT2D eigenvalue weighted by molar-refractivity contribution is -0.134. The molecule has 0 aromatic heterocycles. The first kappa shape index (κ1) is 14.6. The molecule has 1 aromatic rings. The first-order valence-electron chi connectivity index (χ1n) is 6.12. The molecule has 110 valence electrons. The van der Waals surface area contributed by atoms with Crippen LogP contribution in [0.2, 0.25) is 0 Å². The molecule has 0 amide bonds. The van der Waals surface area contributed by atoms with E-state index in [1.165, 1.54) is 4.31 Å². The van der Waals surface area contributed by atoms with Crippen molar-refractivity contribution >= 4 is 21.7 Å². The van der Waals surface area contributed by atoms with Crippen LogP contribution in [0.15, 0.2) is 24.3 Å². The van der Waals surface area contributed by atoms with Crippen molar-refractivity contribution in [2.75, 3.05) is 36.8 Å². The zero-order valence-electron chi connectivity index (χ0n) is 10.8. The molecule has 0 bridgehead atoms. The highest BCUT2D eigenvalue weighted by molar-refractivity contribution is 7.89. The number of carbonyl (C=O) groups is 1. The van der Waals surface area contributed by atoms with Crippen molar-refractivity contribution in [2.45, 2.75) is 0 Å². The largest absolute Gasteiger partial charge is 0.508 e. The Morgan fingerprint density at radius 2 is 1.65 bits per heavy atom. The molecule has 0 aliphatic carbocycles. The van der Waals surface area contributed by atoms with Gasteiger partial charge in [0.05, 0.1) is 0 Å². The standard InChI is InChI=1S/C12H16N2O5S/c15-11-3-1-10(2-4-11)13-5-7-14(8-6-13)20(18,19)9-12(16)17/h1-4,15H,5-9H2,(H,16,17). The number of nitrogens with zero attached hydrogens (tertiary/aromatic N) is 2. The topological polar surface area (TPSA) is 98.1 Å². The Morgan fingerprint density at radius 1 is 1.10 bits per heavy atom. The predicted molar refractivity (Wildman–Crippen MR) is 73.3 cm³/mol. The number of hydrogen-bond donors (Lipinski definition) is 2. The van der Waals surface area contributed by atoms with Crippen molar-refractivity contribution in [3.63, 3.8) is 0 Å². The van der Waals surface area contributed by atoms with Crippen molar-refractivity contribution in [3.05, 3.63) is 24.3 Å². The van der Waals surface area contributed by atoms with E-state index in [9.17, 15) is 18.3 Å². The lowest BCUT2D eigenvalue weighted by Gasteiger charge is -2.35. The van der Waals surface area contributed by atoms with Gasteiger partial charge in [0, 0.05) is 31.9 Å². The summed E-state index contributed by atoms with van der Waals surface area (Å²) in [6, 6.07) is 6.67. The fraction of sp³-hybridized carbons (Fsp3) is 0.417. The zero-order valence-corrected chi connectivity index (χ0v) is 11.6. The third-order valence-electron chi connectivity index (χ3n) is 3.15. The number of carboxylic acids is 1. The van der Waals surface area contributed by atoms with E-state index in [1.807, 2.05) is 4.90 Å². The van der Waals surface area contributed by atoms with Crippen LogP contribution in [0.4, 0.5) is 5.69 Å². The quantitative estimate of drug-likeness (QED) is 0.807. The number of carboxylic acid groups (broad SMARTS) is 1. The summed E-state index contributed by atoms with van der Waals surface area (Å²) in [6.45, 7) is 1.50. The Bertz CT molecular complexity index is 576. The van der Waals surface area contributed by atoms with Crippen LogP contribution in [0.3, 0.4) is 0 Å². The van der Waals surface area contributed by atoms with Gasteiger partial charge < -0.3 is 15.1 Å². The molecule has 0 unspecified atom stereocenters. The summed E-state index contributed by atoms with van der Waals surface area (Å²) in [4.78, 5) is 12.5. The van der Waals surface area contributed by atoms with Gasteiger partial charge in [-0.05, 0) is 24.3 Å². The average molecular weight is 300 g/mol. The monoisotopic (exact) mass is 300 g/mol. The molecule has 1 aromatic carbocycles. The van der Waals surface area contributed by atoms with Gasteiger partial charge in [-0.15, -0.1) is 0 Å². The van der Waals surface area contributed by atoms with Crippen molar-refractivity contribution in [3.8, 4) is 5.75 Å². The van der Waals surface area contributed by atoms with E-state index in [0.29, 0.717) is 13.1 Å². The highest BCUT2D eigenvalue weighted by Crippen LogP contribution is 2.20. The first-order chi connectivity index (χ1) is 9.38. The number of phenolic OH excluding ortho intramolecular Hbond substituents is 1. The fourth-order valence-corrected chi connectivity index (χ4v) is 3.35. The SMILES string of the molecule is O=C(O)CS(=O)(=O)N1CCN(c2ccc(O)cc2)CC1. The van der Waals surface area contributed by atoms with E-state index in [0.717, 1.165) is 5.69 Å². The molecule has 0 radical (unpaired) electrons. The Kier molecular flexibility index (Phi) is 4.15. The summed E-state index contributed by atoms with van der Waals surface area (Å²) in [6.07, 6.45) is 0. The van der Waals surface area contributed by atoms with Crippen LogP contribution in [-0.4, -0.2) is 60.8 Å².